The van der Waals surface area contributed by atoms with Gasteiger partial charge in [-0.25, -0.2) is 0 Å². The Morgan fingerprint density at radius 3 is 1.91 bits per heavy atom. The van der Waals surface area contributed by atoms with Gasteiger partial charge in [0.1, 0.15) is 0 Å². The number of hydrogen-bond acceptors (Lipinski definition) is 2. The van der Waals surface area contributed by atoms with Gasteiger partial charge in [0, 0.05) is 42.7 Å². The van der Waals surface area contributed by atoms with Crippen LogP contribution in [0.25, 0.3) is 75.2 Å². The quantitative estimate of drug-likeness (QED) is 0.192. The number of hydrogen-bond donors (Lipinski definition) is 0. The fraction of sp³-hybridized carbons (Fsp3) is 0. The van der Waals surface area contributed by atoms with E-state index in [0.29, 0.717) is 0 Å². The first-order valence-electron chi connectivity index (χ1n) is 15.7. The zero-order valence-electron chi connectivity index (χ0n) is 24.7. The highest BCUT2D eigenvalue weighted by Crippen LogP contribution is 2.52. The van der Waals surface area contributed by atoms with Crippen LogP contribution in [0.3, 0.4) is 0 Å². The minimum absolute atomic E-state index is 1.16. The van der Waals surface area contributed by atoms with E-state index in [-0.39, 0.29) is 0 Å². The number of rotatable bonds is 2. The molecule has 3 aromatic heterocycles. The van der Waals surface area contributed by atoms with Crippen LogP contribution < -0.4 is 4.90 Å². The maximum atomic E-state index is 2.54. The van der Waals surface area contributed by atoms with E-state index in [1.54, 1.807) is 0 Å². The van der Waals surface area contributed by atoms with Gasteiger partial charge in [0.15, 0.2) is 0 Å². The fourth-order valence-corrected chi connectivity index (χ4v) is 9.21. The van der Waals surface area contributed by atoms with Gasteiger partial charge in [0.25, 0.3) is 0 Å². The molecule has 0 aliphatic carbocycles. The predicted molar refractivity (Wildman–Crippen MR) is 196 cm³/mol. The number of para-hydroxylation sites is 5. The topological polar surface area (TPSA) is 13.1 Å². The maximum absolute atomic E-state index is 2.54. The van der Waals surface area contributed by atoms with Crippen molar-refractivity contribution in [1.82, 2.24) is 9.13 Å². The van der Waals surface area contributed by atoms with Gasteiger partial charge in [-0.2, -0.15) is 0 Å². The molecule has 0 radical (unpaired) electrons. The third-order valence-corrected chi connectivity index (χ3v) is 11.0. The molecular formula is C42H25N3S. The van der Waals surface area contributed by atoms with Crippen molar-refractivity contribution in [3.8, 4) is 11.4 Å². The molecule has 1 aliphatic rings. The van der Waals surface area contributed by atoms with Gasteiger partial charge < -0.3 is 14.0 Å². The van der Waals surface area contributed by atoms with Crippen molar-refractivity contribution in [3.63, 3.8) is 0 Å². The van der Waals surface area contributed by atoms with Crippen molar-refractivity contribution in [1.29, 1.82) is 0 Å². The molecule has 0 amide bonds. The van der Waals surface area contributed by atoms with Crippen molar-refractivity contribution in [2.75, 3.05) is 4.90 Å². The van der Waals surface area contributed by atoms with E-state index in [2.05, 4.69) is 166 Å². The minimum Gasteiger partial charge on any atom is -0.308 e. The summed E-state index contributed by atoms with van der Waals surface area (Å²) in [4.78, 5) is 2.42. The molecule has 214 valence electrons. The smallest absolute Gasteiger partial charge is 0.0783 e. The largest absolute Gasteiger partial charge is 0.308 e. The Morgan fingerprint density at radius 2 is 1.02 bits per heavy atom. The van der Waals surface area contributed by atoms with Crippen molar-refractivity contribution in [3.05, 3.63) is 152 Å². The molecule has 1 aliphatic heterocycles. The number of aromatic nitrogens is 2. The minimum atomic E-state index is 1.16. The number of anilines is 3. The van der Waals surface area contributed by atoms with E-state index >= 15 is 0 Å². The second-order valence-electron chi connectivity index (χ2n) is 12.1. The highest BCUT2D eigenvalue weighted by atomic mass is 32.1. The van der Waals surface area contributed by atoms with E-state index in [1.165, 1.54) is 86.5 Å². The van der Waals surface area contributed by atoms with E-state index in [0.717, 1.165) is 5.69 Å². The van der Waals surface area contributed by atoms with Crippen LogP contribution in [0.5, 0.6) is 0 Å². The van der Waals surface area contributed by atoms with Gasteiger partial charge in [-0.1, -0.05) is 97.1 Å². The lowest BCUT2D eigenvalue weighted by Crippen LogP contribution is -2.17. The van der Waals surface area contributed by atoms with Gasteiger partial charge in [0.2, 0.25) is 0 Å². The van der Waals surface area contributed by atoms with Crippen molar-refractivity contribution >= 4 is 92.2 Å². The summed E-state index contributed by atoms with van der Waals surface area (Å²) in [5.74, 6) is 0. The van der Waals surface area contributed by atoms with Crippen molar-refractivity contribution in [2.24, 2.45) is 0 Å². The first kappa shape index (κ1) is 24.5. The Balaban J connectivity index is 1.33. The standard InChI is InChI=1S/C42H25N3S/c1-2-12-26(13-3-1)43-33-19-7-8-20-34(33)45-40-28(16-10-21-36(40)43)29-24-25-35-39(41(29)45)31-15-4-6-18-32(31)44(35)37-22-11-17-30-27-14-5-9-23-38(27)46-42(30)37/h1-25H. The summed E-state index contributed by atoms with van der Waals surface area (Å²) in [5.41, 5.74) is 10.9. The summed E-state index contributed by atoms with van der Waals surface area (Å²) < 4.78 is 7.67. The van der Waals surface area contributed by atoms with Gasteiger partial charge in [-0.3, -0.25) is 0 Å². The number of nitrogens with zero attached hydrogens (tertiary/aromatic N) is 3. The average Bonchev–Trinajstić information content (AvgIpc) is 3.78. The van der Waals surface area contributed by atoms with Crippen LogP contribution in [0.2, 0.25) is 0 Å². The lowest BCUT2D eigenvalue weighted by Gasteiger charge is -2.33. The van der Waals surface area contributed by atoms with Gasteiger partial charge in [-0.15, -0.1) is 11.3 Å². The summed E-state index contributed by atoms with van der Waals surface area (Å²) in [6, 6.07) is 55.5. The third kappa shape index (κ3) is 3.02. The molecule has 46 heavy (non-hydrogen) atoms. The molecule has 0 bridgehead atoms. The van der Waals surface area contributed by atoms with Crippen LogP contribution in [-0.4, -0.2) is 9.13 Å². The fourth-order valence-electron chi connectivity index (χ4n) is 8.00. The van der Waals surface area contributed by atoms with E-state index in [1.807, 2.05) is 11.3 Å². The molecule has 3 nitrogen and oxygen atoms in total. The summed E-state index contributed by atoms with van der Waals surface area (Å²) in [5, 5.41) is 7.74. The predicted octanol–water partition coefficient (Wildman–Crippen LogP) is 12.0. The van der Waals surface area contributed by atoms with Gasteiger partial charge in [-0.05, 0) is 54.6 Å². The Morgan fingerprint density at radius 1 is 0.370 bits per heavy atom. The molecule has 11 rings (SSSR count). The summed E-state index contributed by atoms with van der Waals surface area (Å²) in [6.45, 7) is 0. The first-order chi connectivity index (χ1) is 22.9. The molecule has 0 unspecified atom stereocenters. The third-order valence-electron chi connectivity index (χ3n) is 9.81. The Hall–Kier alpha value is -5.84. The van der Waals surface area contributed by atoms with E-state index in [4.69, 9.17) is 0 Å². The Bertz CT molecular complexity index is 2870. The molecule has 4 heteroatoms. The first-order valence-corrected chi connectivity index (χ1v) is 16.5. The normalized spacial score (nSPS) is 12.7. The zero-order chi connectivity index (χ0) is 29.9. The summed E-state index contributed by atoms with van der Waals surface area (Å²) >= 11 is 1.89. The van der Waals surface area contributed by atoms with Crippen LogP contribution in [0.15, 0.2) is 152 Å². The van der Waals surface area contributed by atoms with Crippen LogP contribution in [0.4, 0.5) is 17.1 Å². The summed E-state index contributed by atoms with van der Waals surface area (Å²) in [7, 11) is 0. The highest BCUT2D eigenvalue weighted by molar-refractivity contribution is 7.26. The zero-order valence-corrected chi connectivity index (χ0v) is 25.5. The molecule has 0 saturated heterocycles. The van der Waals surface area contributed by atoms with E-state index in [9.17, 15) is 0 Å². The molecule has 7 aromatic carbocycles. The maximum Gasteiger partial charge on any atom is 0.0783 e. The van der Waals surface area contributed by atoms with Crippen LogP contribution in [0.1, 0.15) is 0 Å². The van der Waals surface area contributed by atoms with Crippen LogP contribution >= 0.6 is 11.3 Å². The van der Waals surface area contributed by atoms with Crippen molar-refractivity contribution < 1.29 is 0 Å². The molecular weight excluding hydrogens is 579 g/mol. The molecule has 0 spiro atoms. The molecule has 0 atom stereocenters. The SMILES string of the molecule is c1ccc(N2c3ccccc3-n3c4c2cccc4c2ccc4c(c5ccccc5n4-c4cccc5c4sc4ccccc45)c23)cc1. The molecule has 0 saturated carbocycles. The average molecular weight is 604 g/mol. The summed E-state index contributed by atoms with van der Waals surface area (Å²) in [6.07, 6.45) is 0. The lowest BCUT2D eigenvalue weighted by atomic mass is 10.1. The number of thiophene rings is 1. The van der Waals surface area contributed by atoms with E-state index < -0.39 is 0 Å². The lowest BCUT2D eigenvalue weighted by molar-refractivity contribution is 1.12. The highest BCUT2D eigenvalue weighted by Gasteiger charge is 2.30. The number of benzene rings is 7. The molecule has 4 heterocycles. The molecule has 10 aromatic rings. The second kappa shape index (κ2) is 8.87. The Kier molecular flexibility index (Phi) is 4.72. The van der Waals surface area contributed by atoms with Crippen LogP contribution in [0, 0.1) is 0 Å². The van der Waals surface area contributed by atoms with Crippen molar-refractivity contribution in [2.45, 2.75) is 0 Å². The molecule has 0 N–H and O–H groups in total. The van der Waals surface area contributed by atoms with Gasteiger partial charge >= 0.3 is 0 Å². The van der Waals surface area contributed by atoms with Gasteiger partial charge in [0.05, 0.1) is 49.5 Å². The number of fused-ring (bicyclic) bond motifs is 12. The van der Waals surface area contributed by atoms with Crippen LogP contribution in [-0.2, 0) is 0 Å². The Labute approximate surface area is 268 Å². The molecule has 0 fully saturated rings. The monoisotopic (exact) mass is 603 g/mol. The second-order valence-corrected chi connectivity index (χ2v) is 13.2.